The normalized spacial score (nSPS) is 24.5. The van der Waals surface area contributed by atoms with Crippen molar-refractivity contribution < 1.29 is 4.79 Å². The summed E-state index contributed by atoms with van der Waals surface area (Å²) in [6.45, 7) is 2.22. The molecule has 1 heterocycles. The molecule has 0 unspecified atom stereocenters. The van der Waals surface area contributed by atoms with Crippen molar-refractivity contribution in [2.45, 2.75) is 57.8 Å². The molecule has 1 N–H and O–H groups in total. The largest absolute Gasteiger partial charge is 0.317 e. The van der Waals surface area contributed by atoms with E-state index in [0.717, 1.165) is 31.8 Å². The zero-order valence-corrected chi connectivity index (χ0v) is 10.3. The topological polar surface area (TPSA) is 29.1 Å². The van der Waals surface area contributed by atoms with Crippen LogP contribution in [0.15, 0.2) is 0 Å². The van der Waals surface area contributed by atoms with Crippen LogP contribution in [-0.4, -0.2) is 18.9 Å². The lowest BCUT2D eigenvalue weighted by Crippen LogP contribution is -2.29. The fraction of sp³-hybridized carbons (Fsp3) is 0.929. The van der Waals surface area contributed by atoms with Gasteiger partial charge in [-0.2, -0.15) is 0 Å². The number of carbonyl (C=O) groups excluding carboxylic acids is 1. The van der Waals surface area contributed by atoms with Gasteiger partial charge in [-0.25, -0.2) is 0 Å². The second-order valence-corrected chi connectivity index (χ2v) is 5.64. The van der Waals surface area contributed by atoms with Crippen LogP contribution in [0.4, 0.5) is 0 Å². The van der Waals surface area contributed by atoms with Crippen molar-refractivity contribution in [2.24, 2.45) is 11.8 Å². The Hall–Kier alpha value is -0.370. The Labute approximate surface area is 99.2 Å². The van der Waals surface area contributed by atoms with Gasteiger partial charge in [-0.15, -0.1) is 0 Å². The molecular weight excluding hydrogens is 198 g/mol. The summed E-state index contributed by atoms with van der Waals surface area (Å²) in [6, 6.07) is 0. The highest BCUT2D eigenvalue weighted by Gasteiger charge is 2.20. The van der Waals surface area contributed by atoms with Gasteiger partial charge in [-0.3, -0.25) is 4.79 Å². The summed E-state index contributed by atoms with van der Waals surface area (Å²) < 4.78 is 0. The first-order chi connectivity index (χ1) is 7.84. The molecule has 2 nitrogen and oxygen atoms in total. The summed E-state index contributed by atoms with van der Waals surface area (Å²) in [5.41, 5.74) is 0. The highest BCUT2D eigenvalue weighted by molar-refractivity contribution is 5.78. The summed E-state index contributed by atoms with van der Waals surface area (Å²) in [5, 5.41) is 3.36. The maximum Gasteiger partial charge on any atom is 0.133 e. The van der Waals surface area contributed by atoms with Gasteiger partial charge in [0, 0.05) is 12.8 Å². The molecule has 0 aromatic carbocycles. The summed E-state index contributed by atoms with van der Waals surface area (Å²) in [5.74, 6) is 1.94. The smallest absolute Gasteiger partial charge is 0.133 e. The standard InChI is InChI=1S/C14H25NO/c16-14(10-12-4-2-1-3-5-12)11-13-6-8-15-9-7-13/h12-13,15H,1-11H2. The molecule has 2 rings (SSSR count). The van der Waals surface area contributed by atoms with Gasteiger partial charge < -0.3 is 5.32 Å². The van der Waals surface area contributed by atoms with Crippen LogP contribution in [0.2, 0.25) is 0 Å². The van der Waals surface area contributed by atoms with E-state index in [2.05, 4.69) is 5.32 Å². The van der Waals surface area contributed by atoms with Gasteiger partial charge in [-0.1, -0.05) is 32.1 Å². The van der Waals surface area contributed by atoms with Gasteiger partial charge in [0.15, 0.2) is 0 Å². The molecule has 2 heteroatoms. The molecule has 1 saturated carbocycles. The Morgan fingerprint density at radius 1 is 0.875 bits per heavy atom. The summed E-state index contributed by atoms with van der Waals surface area (Å²) in [6.07, 6.45) is 10.8. The van der Waals surface area contributed by atoms with Crippen molar-refractivity contribution in [3.8, 4) is 0 Å². The first-order valence-electron chi connectivity index (χ1n) is 7.07. The molecule has 2 fully saturated rings. The average Bonchev–Trinajstić information content (AvgIpc) is 2.31. The van der Waals surface area contributed by atoms with E-state index < -0.39 is 0 Å². The third kappa shape index (κ3) is 3.89. The van der Waals surface area contributed by atoms with Gasteiger partial charge in [0.25, 0.3) is 0 Å². The van der Waals surface area contributed by atoms with Crippen molar-refractivity contribution >= 4 is 5.78 Å². The maximum atomic E-state index is 12.0. The summed E-state index contributed by atoms with van der Waals surface area (Å²) >= 11 is 0. The molecule has 92 valence electrons. The molecule has 0 spiro atoms. The van der Waals surface area contributed by atoms with E-state index in [4.69, 9.17) is 0 Å². The van der Waals surface area contributed by atoms with Crippen molar-refractivity contribution in [1.82, 2.24) is 5.32 Å². The fourth-order valence-electron chi connectivity index (χ4n) is 3.20. The number of carbonyl (C=O) groups is 1. The van der Waals surface area contributed by atoms with E-state index in [9.17, 15) is 4.79 Å². The molecule has 1 aliphatic heterocycles. The minimum absolute atomic E-state index is 0.541. The lowest BCUT2D eigenvalue weighted by atomic mass is 9.83. The molecule has 0 amide bonds. The van der Waals surface area contributed by atoms with Crippen LogP contribution in [-0.2, 0) is 4.79 Å². The third-order valence-electron chi connectivity index (χ3n) is 4.22. The Morgan fingerprint density at radius 3 is 2.06 bits per heavy atom. The number of Topliss-reactive ketones (excluding diaryl/α,β-unsaturated/α-hetero) is 1. The van der Waals surface area contributed by atoms with Crippen LogP contribution in [0.3, 0.4) is 0 Å². The molecule has 0 radical (unpaired) electrons. The number of piperidine rings is 1. The fourth-order valence-corrected chi connectivity index (χ4v) is 3.20. The van der Waals surface area contributed by atoms with Gasteiger partial charge in [0.2, 0.25) is 0 Å². The van der Waals surface area contributed by atoms with Crippen molar-refractivity contribution in [1.29, 1.82) is 0 Å². The lowest BCUT2D eigenvalue weighted by molar-refractivity contribution is -0.121. The zero-order chi connectivity index (χ0) is 11.2. The van der Waals surface area contributed by atoms with Crippen molar-refractivity contribution in [3.63, 3.8) is 0 Å². The number of ketones is 1. The maximum absolute atomic E-state index is 12.0. The number of hydrogen-bond acceptors (Lipinski definition) is 2. The molecule has 0 bridgehead atoms. The summed E-state index contributed by atoms with van der Waals surface area (Å²) in [4.78, 5) is 12.0. The van der Waals surface area contributed by atoms with Crippen LogP contribution in [0.5, 0.6) is 0 Å². The van der Waals surface area contributed by atoms with E-state index in [1.165, 1.54) is 44.9 Å². The third-order valence-corrected chi connectivity index (χ3v) is 4.22. The molecule has 1 saturated heterocycles. The number of nitrogens with one attached hydrogen (secondary N) is 1. The number of rotatable bonds is 4. The molecule has 0 aromatic rings. The van der Waals surface area contributed by atoms with E-state index in [-0.39, 0.29) is 0 Å². The minimum Gasteiger partial charge on any atom is -0.317 e. The van der Waals surface area contributed by atoms with Crippen LogP contribution in [0.1, 0.15) is 57.8 Å². The molecule has 16 heavy (non-hydrogen) atoms. The van der Waals surface area contributed by atoms with E-state index in [1.54, 1.807) is 0 Å². The molecular formula is C14H25NO. The van der Waals surface area contributed by atoms with Crippen LogP contribution in [0, 0.1) is 11.8 Å². The molecule has 0 aromatic heterocycles. The molecule has 1 aliphatic carbocycles. The van der Waals surface area contributed by atoms with E-state index in [0.29, 0.717) is 11.7 Å². The van der Waals surface area contributed by atoms with Crippen LogP contribution < -0.4 is 5.32 Å². The molecule has 2 aliphatic rings. The summed E-state index contributed by atoms with van der Waals surface area (Å²) in [7, 11) is 0. The Kier molecular flexibility index (Phi) is 4.83. The second kappa shape index (κ2) is 6.39. The van der Waals surface area contributed by atoms with Gasteiger partial charge in [0.05, 0.1) is 0 Å². The van der Waals surface area contributed by atoms with Crippen molar-refractivity contribution in [2.75, 3.05) is 13.1 Å². The zero-order valence-electron chi connectivity index (χ0n) is 10.3. The Bertz CT molecular complexity index is 193. The minimum atomic E-state index is 0.541. The van der Waals surface area contributed by atoms with E-state index in [1.807, 2.05) is 0 Å². The first-order valence-corrected chi connectivity index (χ1v) is 7.07. The molecule has 0 atom stereocenters. The van der Waals surface area contributed by atoms with Crippen molar-refractivity contribution in [3.05, 3.63) is 0 Å². The van der Waals surface area contributed by atoms with Crippen LogP contribution in [0.25, 0.3) is 0 Å². The lowest BCUT2D eigenvalue weighted by Gasteiger charge is -2.24. The highest BCUT2D eigenvalue weighted by Crippen LogP contribution is 2.28. The average molecular weight is 223 g/mol. The van der Waals surface area contributed by atoms with Crippen LogP contribution >= 0.6 is 0 Å². The quantitative estimate of drug-likeness (QED) is 0.794. The van der Waals surface area contributed by atoms with E-state index >= 15 is 0 Å². The first kappa shape index (κ1) is 12.1. The SMILES string of the molecule is O=C(CC1CCCCC1)CC1CCNCC1. The predicted molar refractivity (Wildman–Crippen MR) is 66.4 cm³/mol. The second-order valence-electron chi connectivity index (χ2n) is 5.64. The van der Waals surface area contributed by atoms with Gasteiger partial charge >= 0.3 is 0 Å². The Morgan fingerprint density at radius 2 is 1.44 bits per heavy atom. The number of hydrogen-bond donors (Lipinski definition) is 1. The van der Waals surface area contributed by atoms with Gasteiger partial charge in [-0.05, 0) is 37.8 Å². The Balaban J connectivity index is 1.66. The van der Waals surface area contributed by atoms with Gasteiger partial charge in [0.1, 0.15) is 5.78 Å². The monoisotopic (exact) mass is 223 g/mol. The highest BCUT2D eigenvalue weighted by atomic mass is 16.1. The predicted octanol–water partition coefficient (Wildman–Crippen LogP) is 2.92.